The lowest BCUT2D eigenvalue weighted by Crippen LogP contribution is -2.39. The van der Waals surface area contributed by atoms with E-state index in [2.05, 4.69) is 10.6 Å². The van der Waals surface area contributed by atoms with Gasteiger partial charge in [-0.3, -0.25) is 9.59 Å². The van der Waals surface area contributed by atoms with Crippen LogP contribution >= 0.6 is 0 Å². The molecule has 0 aromatic rings. The van der Waals surface area contributed by atoms with E-state index in [-0.39, 0.29) is 11.8 Å². The van der Waals surface area contributed by atoms with Gasteiger partial charge in [-0.15, -0.1) is 0 Å². The van der Waals surface area contributed by atoms with Gasteiger partial charge in [-0.1, -0.05) is 6.42 Å². The molecule has 1 aliphatic rings. The Hall–Kier alpha value is -1.10. The number of carbonyl (C=O) groups excluding carboxylic acids is 2. The topological polar surface area (TPSA) is 61.4 Å². The number of amides is 2. The van der Waals surface area contributed by atoms with Gasteiger partial charge in [-0.05, 0) is 19.4 Å². The van der Waals surface area contributed by atoms with E-state index in [1.54, 1.807) is 14.1 Å². The van der Waals surface area contributed by atoms with Crippen molar-refractivity contribution in [1.82, 2.24) is 15.5 Å². The predicted molar refractivity (Wildman–Crippen MR) is 66.6 cm³/mol. The Balaban J connectivity index is 2.10. The number of hydrogen-bond donors (Lipinski definition) is 2. The molecule has 0 spiro atoms. The maximum Gasteiger partial charge on any atom is 0.223 e. The number of rotatable bonds is 5. The third-order valence-corrected chi connectivity index (χ3v) is 3.00. The SMILES string of the molecule is CN(C)C(=O)CCNC(=O)CC1CCCCN1. The van der Waals surface area contributed by atoms with Crippen molar-refractivity contribution in [3.63, 3.8) is 0 Å². The van der Waals surface area contributed by atoms with E-state index in [1.807, 2.05) is 0 Å². The van der Waals surface area contributed by atoms with Gasteiger partial charge in [0.25, 0.3) is 0 Å². The van der Waals surface area contributed by atoms with Gasteiger partial charge >= 0.3 is 0 Å². The second-order valence-electron chi connectivity index (χ2n) is 4.74. The van der Waals surface area contributed by atoms with Gasteiger partial charge in [0.1, 0.15) is 0 Å². The van der Waals surface area contributed by atoms with E-state index < -0.39 is 0 Å². The van der Waals surface area contributed by atoms with Crippen LogP contribution in [0, 0.1) is 0 Å². The molecule has 98 valence electrons. The third-order valence-electron chi connectivity index (χ3n) is 3.00. The molecular weight excluding hydrogens is 218 g/mol. The number of carbonyl (C=O) groups is 2. The second kappa shape index (κ2) is 7.27. The van der Waals surface area contributed by atoms with E-state index >= 15 is 0 Å². The Labute approximate surface area is 103 Å². The lowest BCUT2D eigenvalue weighted by Gasteiger charge is -2.22. The molecule has 17 heavy (non-hydrogen) atoms. The first-order chi connectivity index (χ1) is 8.09. The number of nitrogens with zero attached hydrogens (tertiary/aromatic N) is 1. The van der Waals surface area contributed by atoms with Gasteiger partial charge in [0.2, 0.25) is 11.8 Å². The number of piperidine rings is 1. The minimum atomic E-state index is 0.0379. The van der Waals surface area contributed by atoms with Gasteiger partial charge in [0.05, 0.1) is 0 Å². The van der Waals surface area contributed by atoms with Crippen LogP contribution in [0.2, 0.25) is 0 Å². The molecule has 0 aliphatic carbocycles. The van der Waals surface area contributed by atoms with E-state index in [0.29, 0.717) is 25.4 Å². The summed E-state index contributed by atoms with van der Waals surface area (Å²) < 4.78 is 0. The predicted octanol–water partition coefficient (Wildman–Crippen LogP) is 0.113. The molecule has 5 nitrogen and oxygen atoms in total. The molecule has 0 aromatic heterocycles. The molecule has 1 fully saturated rings. The Bertz CT molecular complexity index is 260. The van der Waals surface area contributed by atoms with Crippen LogP contribution in [-0.4, -0.2) is 49.9 Å². The summed E-state index contributed by atoms with van der Waals surface area (Å²) in [6.07, 6.45) is 4.37. The average molecular weight is 241 g/mol. The standard InChI is InChI=1S/C12H23N3O2/c1-15(2)12(17)6-8-14-11(16)9-10-5-3-4-7-13-10/h10,13H,3-9H2,1-2H3,(H,14,16). The van der Waals surface area contributed by atoms with Crippen LogP contribution < -0.4 is 10.6 Å². The highest BCUT2D eigenvalue weighted by Crippen LogP contribution is 2.09. The molecule has 0 aromatic carbocycles. The van der Waals surface area contributed by atoms with Crippen LogP contribution in [0.1, 0.15) is 32.1 Å². The fourth-order valence-corrected chi connectivity index (χ4v) is 1.93. The average Bonchev–Trinajstić information content (AvgIpc) is 2.30. The summed E-state index contributed by atoms with van der Waals surface area (Å²) >= 11 is 0. The van der Waals surface area contributed by atoms with Crippen molar-refractivity contribution in [3.8, 4) is 0 Å². The van der Waals surface area contributed by atoms with Crippen LogP contribution in [-0.2, 0) is 9.59 Å². The molecule has 1 rings (SSSR count). The zero-order chi connectivity index (χ0) is 12.7. The van der Waals surface area contributed by atoms with Crippen molar-refractivity contribution in [3.05, 3.63) is 0 Å². The summed E-state index contributed by atoms with van der Waals surface area (Å²) in [7, 11) is 3.44. The molecule has 0 radical (unpaired) electrons. The molecule has 5 heteroatoms. The van der Waals surface area contributed by atoms with E-state index in [1.165, 1.54) is 17.7 Å². The maximum atomic E-state index is 11.6. The lowest BCUT2D eigenvalue weighted by atomic mass is 10.0. The Kier molecular flexibility index (Phi) is 5.97. The smallest absolute Gasteiger partial charge is 0.223 e. The quantitative estimate of drug-likeness (QED) is 0.718. The Morgan fingerprint density at radius 3 is 2.71 bits per heavy atom. The summed E-state index contributed by atoms with van der Waals surface area (Å²) in [4.78, 5) is 24.4. The highest BCUT2D eigenvalue weighted by molar-refractivity contribution is 5.79. The molecule has 2 N–H and O–H groups in total. The molecule has 0 saturated carbocycles. The van der Waals surface area contributed by atoms with Gasteiger partial charge in [0, 0.05) is 39.5 Å². The van der Waals surface area contributed by atoms with Crippen LogP contribution in [0.3, 0.4) is 0 Å². The van der Waals surface area contributed by atoms with Crippen LogP contribution in [0.25, 0.3) is 0 Å². The molecule has 2 amide bonds. The van der Waals surface area contributed by atoms with Crippen molar-refractivity contribution < 1.29 is 9.59 Å². The molecular formula is C12H23N3O2. The number of nitrogens with one attached hydrogen (secondary N) is 2. The van der Waals surface area contributed by atoms with Crippen molar-refractivity contribution in [1.29, 1.82) is 0 Å². The molecule has 1 heterocycles. The van der Waals surface area contributed by atoms with Crippen molar-refractivity contribution >= 4 is 11.8 Å². The normalized spacial score (nSPS) is 19.8. The lowest BCUT2D eigenvalue weighted by molar-refractivity contribution is -0.128. The summed E-state index contributed by atoms with van der Waals surface area (Å²) in [6.45, 7) is 1.44. The van der Waals surface area contributed by atoms with Crippen molar-refractivity contribution in [2.75, 3.05) is 27.2 Å². The van der Waals surface area contributed by atoms with E-state index in [0.717, 1.165) is 13.0 Å². The van der Waals surface area contributed by atoms with E-state index in [4.69, 9.17) is 0 Å². The molecule has 1 saturated heterocycles. The molecule has 1 unspecified atom stereocenters. The van der Waals surface area contributed by atoms with Gasteiger partial charge in [0.15, 0.2) is 0 Å². The Morgan fingerprint density at radius 2 is 2.12 bits per heavy atom. The van der Waals surface area contributed by atoms with Crippen LogP contribution in [0.5, 0.6) is 0 Å². The third kappa shape index (κ3) is 5.68. The fraction of sp³-hybridized carbons (Fsp3) is 0.833. The summed E-state index contributed by atoms with van der Waals surface area (Å²) in [5.41, 5.74) is 0. The Morgan fingerprint density at radius 1 is 1.35 bits per heavy atom. The molecule has 1 aliphatic heterocycles. The highest BCUT2D eigenvalue weighted by Gasteiger charge is 2.16. The first-order valence-corrected chi connectivity index (χ1v) is 6.30. The molecule has 1 atom stereocenters. The van der Waals surface area contributed by atoms with Crippen LogP contribution in [0.4, 0.5) is 0 Å². The second-order valence-corrected chi connectivity index (χ2v) is 4.74. The summed E-state index contributed by atoms with van der Waals surface area (Å²) in [6, 6.07) is 0.313. The van der Waals surface area contributed by atoms with Gasteiger partial charge in [-0.25, -0.2) is 0 Å². The monoisotopic (exact) mass is 241 g/mol. The zero-order valence-electron chi connectivity index (χ0n) is 10.8. The number of hydrogen-bond acceptors (Lipinski definition) is 3. The van der Waals surface area contributed by atoms with E-state index in [9.17, 15) is 9.59 Å². The molecule has 0 bridgehead atoms. The first-order valence-electron chi connectivity index (χ1n) is 6.30. The first kappa shape index (κ1) is 14.0. The van der Waals surface area contributed by atoms with Crippen molar-refractivity contribution in [2.24, 2.45) is 0 Å². The summed E-state index contributed by atoms with van der Waals surface area (Å²) in [5.74, 6) is 0.0806. The maximum absolute atomic E-state index is 11.6. The highest BCUT2D eigenvalue weighted by atomic mass is 16.2. The minimum absolute atomic E-state index is 0.0379. The van der Waals surface area contributed by atoms with Gasteiger partial charge < -0.3 is 15.5 Å². The fourth-order valence-electron chi connectivity index (χ4n) is 1.93. The largest absolute Gasteiger partial charge is 0.356 e. The minimum Gasteiger partial charge on any atom is -0.356 e. The van der Waals surface area contributed by atoms with Crippen LogP contribution in [0.15, 0.2) is 0 Å². The van der Waals surface area contributed by atoms with Crippen molar-refractivity contribution in [2.45, 2.75) is 38.1 Å². The van der Waals surface area contributed by atoms with Gasteiger partial charge in [-0.2, -0.15) is 0 Å². The summed E-state index contributed by atoms with van der Waals surface area (Å²) in [5, 5.41) is 6.12. The zero-order valence-corrected chi connectivity index (χ0v) is 10.8.